The van der Waals surface area contributed by atoms with Crippen LogP contribution >= 0.6 is 0 Å². The highest BCUT2D eigenvalue weighted by Crippen LogP contribution is 2.37. The maximum absolute atomic E-state index is 13.6. The number of amides is 2. The van der Waals surface area contributed by atoms with E-state index in [0.717, 1.165) is 31.4 Å². The van der Waals surface area contributed by atoms with Gasteiger partial charge in [-0.2, -0.15) is 0 Å². The molecule has 30 heavy (non-hydrogen) atoms. The van der Waals surface area contributed by atoms with E-state index in [1.807, 2.05) is 35.2 Å². The van der Waals surface area contributed by atoms with Crippen molar-refractivity contribution in [2.24, 2.45) is 11.7 Å². The average Bonchev–Trinajstić information content (AvgIpc) is 3.22. The summed E-state index contributed by atoms with van der Waals surface area (Å²) in [5.41, 5.74) is 5.70. The number of nitrogens with one attached hydrogen (secondary N) is 1. The van der Waals surface area contributed by atoms with Gasteiger partial charge in [-0.25, -0.2) is 0 Å². The first-order valence-electron chi connectivity index (χ1n) is 10.3. The minimum Gasteiger partial charge on any atom is -0.483 e. The molecule has 2 aliphatic heterocycles. The number of rotatable bonds is 4. The SMILES string of the molecule is NC(=O)c1cn2c(c(OCc3ccccc3)c1=O)C(=O)N1C(C2)NCC2CCCC21. The molecule has 1 saturated heterocycles. The average molecular weight is 408 g/mol. The van der Waals surface area contributed by atoms with Crippen molar-refractivity contribution >= 4 is 11.8 Å². The molecule has 2 aromatic rings. The zero-order valence-electron chi connectivity index (χ0n) is 16.5. The molecule has 3 aliphatic rings. The fraction of sp³-hybridized carbons (Fsp3) is 0.409. The van der Waals surface area contributed by atoms with Crippen molar-refractivity contribution < 1.29 is 14.3 Å². The highest BCUT2D eigenvalue weighted by atomic mass is 16.5. The number of carbonyl (C=O) groups excluding carboxylic acids is 2. The lowest BCUT2D eigenvalue weighted by Crippen LogP contribution is -2.65. The summed E-state index contributed by atoms with van der Waals surface area (Å²) in [5.74, 6) is -0.727. The number of hydrogen-bond donors (Lipinski definition) is 2. The first kappa shape index (κ1) is 18.9. The number of fused-ring (bicyclic) bond motifs is 4. The van der Waals surface area contributed by atoms with Gasteiger partial charge in [-0.05, 0) is 24.3 Å². The molecule has 1 aromatic carbocycles. The van der Waals surface area contributed by atoms with Crippen LogP contribution in [0.15, 0.2) is 41.3 Å². The summed E-state index contributed by atoms with van der Waals surface area (Å²) < 4.78 is 7.51. The Morgan fingerprint density at radius 3 is 2.77 bits per heavy atom. The molecule has 1 aliphatic carbocycles. The third-order valence-corrected chi connectivity index (χ3v) is 6.46. The Kier molecular flexibility index (Phi) is 4.58. The Balaban J connectivity index is 1.58. The van der Waals surface area contributed by atoms with Gasteiger partial charge in [-0.15, -0.1) is 0 Å². The van der Waals surface area contributed by atoms with Crippen LogP contribution < -0.4 is 21.2 Å². The van der Waals surface area contributed by atoms with E-state index >= 15 is 0 Å². The number of nitrogens with two attached hydrogens (primary N) is 1. The highest BCUT2D eigenvalue weighted by Gasteiger charge is 2.46. The number of carbonyl (C=O) groups is 2. The molecule has 1 aromatic heterocycles. The molecule has 8 nitrogen and oxygen atoms in total. The van der Waals surface area contributed by atoms with Crippen molar-refractivity contribution in [1.29, 1.82) is 0 Å². The molecule has 2 fully saturated rings. The van der Waals surface area contributed by atoms with Gasteiger partial charge in [0.2, 0.25) is 5.43 Å². The predicted octanol–water partition coefficient (Wildman–Crippen LogP) is 1.08. The molecule has 3 heterocycles. The molecule has 5 rings (SSSR count). The van der Waals surface area contributed by atoms with Crippen LogP contribution in [0.3, 0.4) is 0 Å². The van der Waals surface area contributed by atoms with E-state index in [0.29, 0.717) is 12.5 Å². The Morgan fingerprint density at radius 2 is 2.00 bits per heavy atom. The highest BCUT2D eigenvalue weighted by molar-refractivity contribution is 5.99. The molecule has 0 bridgehead atoms. The van der Waals surface area contributed by atoms with E-state index in [9.17, 15) is 14.4 Å². The lowest BCUT2D eigenvalue weighted by atomic mass is 9.96. The van der Waals surface area contributed by atoms with Crippen LogP contribution in [0.4, 0.5) is 0 Å². The van der Waals surface area contributed by atoms with Gasteiger partial charge in [0.1, 0.15) is 18.3 Å². The molecule has 3 N–H and O–H groups in total. The lowest BCUT2D eigenvalue weighted by Gasteiger charge is -2.47. The van der Waals surface area contributed by atoms with Gasteiger partial charge in [-0.1, -0.05) is 36.8 Å². The van der Waals surface area contributed by atoms with Crippen LogP contribution in [-0.4, -0.2) is 40.0 Å². The molecule has 3 unspecified atom stereocenters. The molecule has 2 amide bonds. The maximum atomic E-state index is 13.6. The summed E-state index contributed by atoms with van der Waals surface area (Å²) in [6, 6.07) is 9.55. The quantitative estimate of drug-likeness (QED) is 0.787. The Labute approximate surface area is 173 Å². The number of ether oxygens (including phenoxy) is 1. The summed E-state index contributed by atoms with van der Waals surface area (Å²) in [5, 5.41) is 3.45. The van der Waals surface area contributed by atoms with Crippen LogP contribution in [0.1, 0.15) is 45.7 Å². The number of primary amides is 1. The molecule has 8 heteroatoms. The molecule has 156 valence electrons. The largest absolute Gasteiger partial charge is 0.483 e. The molecule has 1 saturated carbocycles. The van der Waals surface area contributed by atoms with Crippen LogP contribution in [0.5, 0.6) is 5.75 Å². The normalized spacial score (nSPS) is 24.7. The van der Waals surface area contributed by atoms with Gasteiger partial charge in [0.15, 0.2) is 11.4 Å². The second-order valence-corrected chi connectivity index (χ2v) is 8.24. The fourth-order valence-corrected chi connectivity index (χ4v) is 5.03. The first-order chi connectivity index (χ1) is 14.5. The van der Waals surface area contributed by atoms with E-state index in [4.69, 9.17) is 10.5 Å². The summed E-state index contributed by atoms with van der Waals surface area (Å²) in [6.07, 6.45) is 4.39. The summed E-state index contributed by atoms with van der Waals surface area (Å²) in [7, 11) is 0. The van der Waals surface area contributed by atoms with Crippen LogP contribution in [0, 0.1) is 5.92 Å². The van der Waals surface area contributed by atoms with Crippen molar-refractivity contribution in [3.8, 4) is 5.75 Å². The Bertz CT molecular complexity index is 1060. The van der Waals surface area contributed by atoms with Crippen molar-refractivity contribution in [1.82, 2.24) is 14.8 Å². The molecular weight excluding hydrogens is 384 g/mol. The van der Waals surface area contributed by atoms with Gasteiger partial charge in [0.25, 0.3) is 11.8 Å². The monoisotopic (exact) mass is 408 g/mol. The summed E-state index contributed by atoms with van der Waals surface area (Å²) in [4.78, 5) is 40.4. The predicted molar refractivity (Wildman–Crippen MR) is 109 cm³/mol. The molecule has 0 spiro atoms. The van der Waals surface area contributed by atoms with Crippen molar-refractivity contribution in [3.63, 3.8) is 0 Å². The minimum absolute atomic E-state index is 0.0984. The van der Waals surface area contributed by atoms with Crippen LogP contribution in [0.2, 0.25) is 0 Å². The third-order valence-electron chi connectivity index (χ3n) is 6.46. The third kappa shape index (κ3) is 2.99. The molecular formula is C22H24N4O4. The van der Waals surface area contributed by atoms with Gasteiger partial charge < -0.3 is 19.9 Å². The van der Waals surface area contributed by atoms with Gasteiger partial charge in [0.05, 0.1) is 6.54 Å². The fourth-order valence-electron chi connectivity index (χ4n) is 5.03. The first-order valence-corrected chi connectivity index (χ1v) is 10.3. The standard InChI is InChI=1S/C22H24N4O4/c23-21(28)15-10-25-11-17-24-9-14-7-4-8-16(14)26(17)22(29)18(25)20(19(15)27)30-12-13-5-2-1-3-6-13/h1-3,5-6,10,14,16-17,24H,4,7-9,11-12H2,(H2,23,28). The number of hydrogen-bond acceptors (Lipinski definition) is 5. The van der Waals surface area contributed by atoms with E-state index in [2.05, 4.69) is 5.32 Å². The zero-order valence-corrected chi connectivity index (χ0v) is 16.5. The second kappa shape index (κ2) is 7.28. The zero-order chi connectivity index (χ0) is 20.8. The van der Waals surface area contributed by atoms with Crippen molar-refractivity contribution in [3.05, 3.63) is 63.6 Å². The maximum Gasteiger partial charge on any atom is 0.276 e. The summed E-state index contributed by atoms with van der Waals surface area (Å²) in [6.45, 7) is 1.42. The number of nitrogens with zero attached hydrogens (tertiary/aromatic N) is 2. The minimum atomic E-state index is -0.831. The number of pyridine rings is 1. The van der Waals surface area contributed by atoms with Crippen LogP contribution in [0.25, 0.3) is 0 Å². The second-order valence-electron chi connectivity index (χ2n) is 8.24. The van der Waals surface area contributed by atoms with Crippen LogP contribution in [-0.2, 0) is 13.2 Å². The number of aromatic nitrogens is 1. The molecule has 3 atom stereocenters. The van der Waals surface area contributed by atoms with Crippen molar-refractivity contribution in [2.45, 2.75) is 44.6 Å². The van der Waals surface area contributed by atoms with Crippen molar-refractivity contribution in [2.75, 3.05) is 6.54 Å². The van der Waals surface area contributed by atoms with Gasteiger partial charge >= 0.3 is 0 Å². The van der Waals surface area contributed by atoms with E-state index in [1.165, 1.54) is 6.20 Å². The Hall–Kier alpha value is -3.13. The molecule has 0 radical (unpaired) electrons. The lowest BCUT2D eigenvalue weighted by molar-refractivity contribution is 0.0158. The topological polar surface area (TPSA) is 107 Å². The van der Waals surface area contributed by atoms with E-state index < -0.39 is 11.3 Å². The smallest absolute Gasteiger partial charge is 0.276 e. The number of benzene rings is 1. The van der Waals surface area contributed by atoms with E-state index in [1.54, 1.807) is 4.57 Å². The van der Waals surface area contributed by atoms with Gasteiger partial charge in [0, 0.05) is 18.8 Å². The van der Waals surface area contributed by atoms with Gasteiger partial charge in [-0.3, -0.25) is 19.7 Å². The Morgan fingerprint density at radius 1 is 1.20 bits per heavy atom. The summed E-state index contributed by atoms with van der Waals surface area (Å²) >= 11 is 0. The van der Waals surface area contributed by atoms with E-state index in [-0.39, 0.29) is 41.7 Å².